The van der Waals surface area contributed by atoms with Crippen LogP contribution in [0.1, 0.15) is 52.8 Å². The van der Waals surface area contributed by atoms with Gasteiger partial charge in [0.2, 0.25) is 11.8 Å². The number of ether oxygens (including phenoxy) is 3. The zero-order valence-corrected chi connectivity index (χ0v) is 33.1. The molecule has 5 N–H and O–H groups in total. The zero-order chi connectivity index (χ0) is 41.2. The molecule has 0 saturated carbocycles. The topological polar surface area (TPSA) is 190 Å². The number of aliphatic carboxylic acids is 1. The highest BCUT2D eigenvalue weighted by molar-refractivity contribution is 6.36. The molecular formula is C44H41Cl2N5O7. The molecule has 1 aromatic heterocycles. The molecule has 298 valence electrons. The van der Waals surface area contributed by atoms with Crippen LogP contribution in [-0.4, -0.2) is 64.7 Å². The van der Waals surface area contributed by atoms with Crippen LogP contribution in [0, 0.1) is 22.7 Å². The second kappa shape index (κ2) is 19.2. The Morgan fingerprint density at radius 2 is 1.62 bits per heavy atom. The summed E-state index contributed by atoms with van der Waals surface area (Å²) in [5.74, 6) is -0.329. The van der Waals surface area contributed by atoms with E-state index in [2.05, 4.69) is 15.6 Å². The van der Waals surface area contributed by atoms with Crippen molar-refractivity contribution < 1.29 is 34.3 Å². The summed E-state index contributed by atoms with van der Waals surface area (Å²) in [5, 5.41) is 54.1. The van der Waals surface area contributed by atoms with Gasteiger partial charge in [-0.05, 0) is 84.0 Å². The monoisotopic (exact) mass is 821 g/mol. The molecule has 0 fully saturated rings. The lowest BCUT2D eigenvalue weighted by atomic mass is 9.94. The molecule has 0 radical (unpaired) electrons. The number of aromatic nitrogens is 1. The van der Waals surface area contributed by atoms with Crippen LogP contribution in [0.25, 0.3) is 22.3 Å². The lowest BCUT2D eigenvalue weighted by Crippen LogP contribution is -2.52. The minimum Gasteiger partial charge on any atom is -0.492 e. The summed E-state index contributed by atoms with van der Waals surface area (Å²) in [4.78, 5) is 16.6. The number of hydrogen-bond donors (Lipinski definition) is 5. The van der Waals surface area contributed by atoms with E-state index in [0.717, 1.165) is 39.1 Å². The van der Waals surface area contributed by atoms with Crippen LogP contribution in [0.4, 0.5) is 0 Å². The predicted octanol–water partition coefficient (Wildman–Crippen LogP) is 7.00. The maximum atomic E-state index is 11.9. The van der Waals surface area contributed by atoms with Crippen LogP contribution >= 0.6 is 23.2 Å². The Kier molecular flexibility index (Phi) is 13.9. The fourth-order valence-corrected chi connectivity index (χ4v) is 7.19. The second-order valence-electron chi connectivity index (χ2n) is 13.9. The molecule has 1 aliphatic rings. The Morgan fingerprint density at radius 1 is 0.914 bits per heavy atom. The minimum absolute atomic E-state index is 0.0708. The molecule has 4 aromatic carbocycles. The molecule has 12 nitrogen and oxygen atoms in total. The van der Waals surface area contributed by atoms with Crippen LogP contribution in [-0.2, 0) is 24.4 Å². The smallest absolute Gasteiger partial charge is 0.326 e. The van der Waals surface area contributed by atoms with Crippen LogP contribution in [0.3, 0.4) is 0 Å². The van der Waals surface area contributed by atoms with Crippen LogP contribution in [0.5, 0.6) is 17.5 Å². The quantitative estimate of drug-likeness (QED) is 0.0570. The van der Waals surface area contributed by atoms with Gasteiger partial charge in [-0.2, -0.15) is 15.5 Å². The average Bonchev–Trinajstić information content (AvgIpc) is 3.65. The summed E-state index contributed by atoms with van der Waals surface area (Å²) in [6.45, 7) is 2.22. The van der Waals surface area contributed by atoms with Gasteiger partial charge in [-0.15, -0.1) is 0 Å². The summed E-state index contributed by atoms with van der Waals surface area (Å²) in [7, 11) is 0. The van der Waals surface area contributed by atoms with E-state index in [1.165, 1.54) is 13.0 Å². The number of hydrogen-bond acceptors (Lipinski definition) is 11. The van der Waals surface area contributed by atoms with Crippen molar-refractivity contribution in [2.45, 2.75) is 44.6 Å². The lowest BCUT2D eigenvalue weighted by molar-refractivity contribution is -0.145. The molecule has 0 amide bonds. The Labute approximate surface area is 346 Å². The molecule has 2 atom stereocenters. The number of pyridine rings is 1. The number of nitriles is 2. The molecule has 1 heterocycles. The predicted molar refractivity (Wildman–Crippen MR) is 219 cm³/mol. The van der Waals surface area contributed by atoms with Crippen molar-refractivity contribution in [3.8, 4) is 51.9 Å². The van der Waals surface area contributed by atoms with Crippen molar-refractivity contribution in [1.29, 1.82) is 10.5 Å². The molecule has 1 unspecified atom stereocenters. The van der Waals surface area contributed by atoms with Gasteiger partial charge in [0, 0.05) is 36.3 Å². The maximum absolute atomic E-state index is 11.9. The number of aliphatic hydroxyl groups excluding tert-OH is 2. The van der Waals surface area contributed by atoms with Gasteiger partial charge in [-0.1, -0.05) is 71.7 Å². The fraction of sp³-hybridized carbons (Fsp3) is 0.273. The van der Waals surface area contributed by atoms with Crippen molar-refractivity contribution in [2.24, 2.45) is 0 Å². The van der Waals surface area contributed by atoms with Crippen LogP contribution in [0.2, 0.25) is 10.0 Å². The van der Waals surface area contributed by atoms with E-state index in [9.17, 15) is 25.5 Å². The molecule has 0 saturated heterocycles. The third-order valence-corrected chi connectivity index (χ3v) is 10.5. The van der Waals surface area contributed by atoms with Gasteiger partial charge in [-0.3, -0.25) is 10.1 Å². The number of benzene rings is 4. The molecule has 0 bridgehead atoms. The highest BCUT2D eigenvalue weighted by Crippen LogP contribution is 2.45. The van der Waals surface area contributed by atoms with Gasteiger partial charge in [0.25, 0.3) is 0 Å². The second-order valence-corrected chi connectivity index (χ2v) is 14.6. The molecule has 0 spiro atoms. The first-order valence-electron chi connectivity index (χ1n) is 18.5. The van der Waals surface area contributed by atoms with E-state index in [1.54, 1.807) is 18.2 Å². The summed E-state index contributed by atoms with van der Waals surface area (Å²) >= 11 is 13.9. The summed E-state index contributed by atoms with van der Waals surface area (Å²) in [6.07, 6.45) is 0.911. The summed E-state index contributed by atoms with van der Waals surface area (Å²) < 4.78 is 18.5. The fourth-order valence-electron chi connectivity index (χ4n) is 6.64. The Hall–Kier alpha value is -5.70. The Morgan fingerprint density at radius 3 is 2.31 bits per heavy atom. The molecule has 14 heteroatoms. The minimum atomic E-state index is -1.66. The van der Waals surface area contributed by atoms with Crippen molar-refractivity contribution in [3.63, 3.8) is 0 Å². The molecule has 58 heavy (non-hydrogen) atoms. The third kappa shape index (κ3) is 9.69. The van der Waals surface area contributed by atoms with Gasteiger partial charge >= 0.3 is 5.97 Å². The van der Waals surface area contributed by atoms with Gasteiger partial charge in [-0.25, -0.2) is 0 Å². The number of nitrogens with zero attached hydrogens (tertiary/aromatic N) is 3. The Bertz CT molecular complexity index is 2330. The largest absolute Gasteiger partial charge is 0.492 e. The summed E-state index contributed by atoms with van der Waals surface area (Å²) in [5.41, 5.74) is 5.59. The van der Waals surface area contributed by atoms with E-state index >= 15 is 0 Å². The van der Waals surface area contributed by atoms with Crippen molar-refractivity contribution in [1.82, 2.24) is 15.6 Å². The molecule has 1 aliphatic carbocycles. The highest BCUT2D eigenvalue weighted by atomic mass is 35.5. The maximum Gasteiger partial charge on any atom is 0.326 e. The molecule has 6 rings (SSSR count). The van der Waals surface area contributed by atoms with E-state index in [-0.39, 0.29) is 36.5 Å². The van der Waals surface area contributed by atoms with E-state index < -0.39 is 24.2 Å². The molecule has 5 aromatic rings. The number of fused-ring (bicyclic) bond motifs is 1. The van der Waals surface area contributed by atoms with Gasteiger partial charge in [0.1, 0.15) is 35.6 Å². The third-order valence-electron chi connectivity index (χ3n) is 9.83. The molecule has 0 aliphatic heterocycles. The SMILES string of the molecule is CC(CO)(NCc1cc(Cl)c(O[C@H]2CCc3c(-c4cccc(-c5ccc(OCCNCCO)cc5)c4Cl)cccc32)nc1OCc1cc(C#N)cc(C#N)c1)C(=O)O. The van der Waals surface area contributed by atoms with Crippen molar-refractivity contribution in [2.75, 3.05) is 32.9 Å². The standard InChI is InChI=1S/C44H41Cl2N5O7/c1-44(26-53,43(54)55)50-24-31-21-38(45)42(51-41(31)57-25-29-19-27(22-47)18-28(20-29)23-48)58-39-13-12-35-34(5-3-6-36(35)39)37-7-2-4-33(40(37)46)30-8-10-32(11-9-30)56-17-15-49-14-16-52/h2-11,18-21,39,49-50,52-53H,12-17,24-26H2,1H3,(H,54,55)/t39-,44?/m0/s1. The van der Waals surface area contributed by atoms with Gasteiger partial charge in [0.05, 0.1) is 41.5 Å². The number of aliphatic hydroxyl groups is 2. The Balaban J connectivity index is 1.25. The van der Waals surface area contributed by atoms with E-state index in [4.69, 9.17) is 42.5 Å². The van der Waals surface area contributed by atoms with E-state index in [1.807, 2.05) is 72.8 Å². The number of carbonyl (C=O) groups is 1. The first kappa shape index (κ1) is 41.9. The number of halogens is 2. The van der Waals surface area contributed by atoms with Crippen molar-refractivity contribution in [3.05, 3.63) is 128 Å². The highest BCUT2D eigenvalue weighted by Gasteiger charge is 2.33. The van der Waals surface area contributed by atoms with Crippen molar-refractivity contribution >= 4 is 29.2 Å². The zero-order valence-electron chi connectivity index (χ0n) is 31.6. The van der Waals surface area contributed by atoms with Crippen LogP contribution in [0.15, 0.2) is 84.9 Å². The lowest BCUT2D eigenvalue weighted by Gasteiger charge is -2.24. The first-order chi connectivity index (χ1) is 28.1. The number of carboxylic acids is 1. The van der Waals surface area contributed by atoms with Crippen LogP contribution < -0.4 is 24.8 Å². The molecular weight excluding hydrogens is 781 g/mol. The summed E-state index contributed by atoms with van der Waals surface area (Å²) in [6, 6.07) is 30.1. The van der Waals surface area contributed by atoms with Gasteiger partial charge in [0.15, 0.2) is 0 Å². The van der Waals surface area contributed by atoms with Gasteiger partial charge < -0.3 is 34.8 Å². The van der Waals surface area contributed by atoms with E-state index in [0.29, 0.717) is 59.8 Å². The number of rotatable bonds is 18. The first-order valence-corrected chi connectivity index (χ1v) is 19.3. The number of nitrogens with one attached hydrogen (secondary N) is 2. The average molecular weight is 823 g/mol. The normalized spacial score (nSPS) is 14.2. The number of carboxylic acid groups (broad SMARTS) is 1.